The molecule has 0 aliphatic heterocycles. The van der Waals surface area contributed by atoms with Crippen LogP contribution in [0.4, 0.5) is 0 Å². The second-order valence-corrected chi connectivity index (χ2v) is 3.28. The predicted molar refractivity (Wildman–Crippen MR) is 56.2 cm³/mol. The average Bonchev–Trinajstić information content (AvgIpc) is 2.24. The minimum absolute atomic E-state index is 0.0591. The Morgan fingerprint density at radius 3 is 2.21 bits per heavy atom. The topological polar surface area (TPSA) is 64.7 Å². The van der Waals surface area contributed by atoms with Crippen molar-refractivity contribution in [3.8, 4) is 0 Å². The number of aliphatic hydroxyl groups is 1. The maximum Gasteiger partial charge on any atom is 0.0800 e. The first-order valence-corrected chi connectivity index (χ1v) is 5.27. The van der Waals surface area contributed by atoms with Crippen molar-refractivity contribution in [1.82, 2.24) is 0 Å². The molecular formula is C10H23NO3. The Morgan fingerprint density at radius 2 is 1.79 bits per heavy atom. The molecule has 0 fully saturated rings. The molecule has 0 aromatic rings. The first kappa shape index (κ1) is 13.8. The van der Waals surface area contributed by atoms with E-state index in [1.54, 1.807) is 0 Å². The molecule has 0 aliphatic carbocycles. The number of rotatable bonds is 9. The van der Waals surface area contributed by atoms with E-state index in [0.29, 0.717) is 26.4 Å². The Kier molecular flexibility index (Phi) is 8.08. The molecule has 0 amide bonds. The van der Waals surface area contributed by atoms with Crippen LogP contribution in [-0.4, -0.2) is 43.7 Å². The molecule has 0 rings (SSSR count). The van der Waals surface area contributed by atoms with Crippen LogP contribution in [0.1, 0.15) is 26.7 Å². The van der Waals surface area contributed by atoms with Crippen LogP contribution < -0.4 is 5.73 Å². The molecule has 0 unspecified atom stereocenters. The van der Waals surface area contributed by atoms with Crippen molar-refractivity contribution in [1.29, 1.82) is 0 Å². The lowest BCUT2D eigenvalue weighted by molar-refractivity contribution is -0.0687. The largest absolute Gasteiger partial charge is 0.394 e. The summed E-state index contributed by atoms with van der Waals surface area (Å²) >= 11 is 0. The molecule has 0 saturated heterocycles. The lowest BCUT2D eigenvalue weighted by Crippen LogP contribution is -2.40. The average molecular weight is 205 g/mol. The number of aliphatic hydroxyl groups excluding tert-OH is 1. The highest BCUT2D eigenvalue weighted by Gasteiger charge is 2.24. The van der Waals surface area contributed by atoms with Gasteiger partial charge in [0.25, 0.3) is 0 Å². The van der Waals surface area contributed by atoms with Gasteiger partial charge in [-0.1, -0.05) is 13.8 Å². The Bertz CT molecular complexity index is 118. The minimum Gasteiger partial charge on any atom is -0.394 e. The Labute approximate surface area is 86.4 Å². The van der Waals surface area contributed by atoms with Gasteiger partial charge >= 0.3 is 0 Å². The van der Waals surface area contributed by atoms with Crippen LogP contribution >= 0.6 is 0 Å². The molecule has 0 bridgehead atoms. The van der Waals surface area contributed by atoms with Gasteiger partial charge in [0.05, 0.1) is 32.0 Å². The first-order valence-electron chi connectivity index (χ1n) is 5.27. The summed E-state index contributed by atoms with van der Waals surface area (Å²) < 4.78 is 10.8. The molecule has 86 valence electrons. The molecular weight excluding hydrogens is 182 g/mol. The zero-order valence-corrected chi connectivity index (χ0v) is 9.29. The van der Waals surface area contributed by atoms with Crippen LogP contribution in [0.2, 0.25) is 0 Å². The van der Waals surface area contributed by atoms with Gasteiger partial charge in [-0.15, -0.1) is 0 Å². The van der Waals surface area contributed by atoms with Crippen LogP contribution in [0.5, 0.6) is 0 Å². The molecule has 14 heavy (non-hydrogen) atoms. The van der Waals surface area contributed by atoms with E-state index in [4.69, 9.17) is 20.3 Å². The van der Waals surface area contributed by atoms with Gasteiger partial charge in [-0.25, -0.2) is 0 Å². The van der Waals surface area contributed by atoms with Gasteiger partial charge in [0.2, 0.25) is 0 Å². The molecule has 0 aliphatic rings. The fourth-order valence-corrected chi connectivity index (χ4v) is 1.29. The van der Waals surface area contributed by atoms with E-state index in [1.165, 1.54) is 0 Å². The fourth-order valence-electron chi connectivity index (χ4n) is 1.29. The second-order valence-electron chi connectivity index (χ2n) is 3.28. The van der Waals surface area contributed by atoms with Crippen molar-refractivity contribution >= 4 is 0 Å². The highest BCUT2D eigenvalue weighted by atomic mass is 16.5. The Hall–Kier alpha value is -0.160. The maximum absolute atomic E-state index is 8.48. The summed E-state index contributed by atoms with van der Waals surface area (Å²) in [4.78, 5) is 0. The van der Waals surface area contributed by atoms with E-state index in [2.05, 4.69) is 13.8 Å². The quantitative estimate of drug-likeness (QED) is 0.539. The number of ether oxygens (including phenoxy) is 2. The standard InChI is InChI=1S/C10H23NO3/c1-3-10(4-2,9-11)14-8-7-13-6-5-12/h12H,3-9,11H2,1-2H3. The lowest BCUT2D eigenvalue weighted by Gasteiger charge is -2.30. The molecule has 3 N–H and O–H groups in total. The third-order valence-electron chi connectivity index (χ3n) is 2.53. The summed E-state index contributed by atoms with van der Waals surface area (Å²) in [5, 5.41) is 8.48. The van der Waals surface area contributed by atoms with Crippen molar-refractivity contribution in [2.24, 2.45) is 5.73 Å². The van der Waals surface area contributed by atoms with E-state index in [0.717, 1.165) is 12.8 Å². The lowest BCUT2D eigenvalue weighted by atomic mass is 9.97. The molecule has 4 nitrogen and oxygen atoms in total. The summed E-state index contributed by atoms with van der Waals surface area (Å²) in [6.07, 6.45) is 1.83. The highest BCUT2D eigenvalue weighted by molar-refractivity contribution is 4.78. The van der Waals surface area contributed by atoms with Crippen molar-refractivity contribution in [3.63, 3.8) is 0 Å². The van der Waals surface area contributed by atoms with Gasteiger partial charge in [0.1, 0.15) is 0 Å². The van der Waals surface area contributed by atoms with E-state index >= 15 is 0 Å². The van der Waals surface area contributed by atoms with Gasteiger partial charge < -0.3 is 20.3 Å². The molecule has 0 atom stereocenters. The van der Waals surface area contributed by atoms with Gasteiger partial charge in [-0.05, 0) is 12.8 Å². The van der Waals surface area contributed by atoms with Gasteiger partial charge in [-0.3, -0.25) is 0 Å². The summed E-state index contributed by atoms with van der Waals surface area (Å²) in [5.74, 6) is 0. The number of nitrogens with two attached hydrogens (primary N) is 1. The fraction of sp³-hybridized carbons (Fsp3) is 1.00. The van der Waals surface area contributed by atoms with Crippen LogP contribution in [-0.2, 0) is 9.47 Å². The van der Waals surface area contributed by atoms with E-state index < -0.39 is 0 Å². The first-order chi connectivity index (χ1) is 6.74. The van der Waals surface area contributed by atoms with Gasteiger partial charge in [0.15, 0.2) is 0 Å². The second kappa shape index (κ2) is 8.17. The highest BCUT2D eigenvalue weighted by Crippen LogP contribution is 2.18. The smallest absolute Gasteiger partial charge is 0.0800 e. The van der Waals surface area contributed by atoms with Crippen LogP contribution in [0.25, 0.3) is 0 Å². The maximum atomic E-state index is 8.48. The Morgan fingerprint density at radius 1 is 1.14 bits per heavy atom. The molecule has 0 heterocycles. The minimum atomic E-state index is -0.192. The molecule has 0 saturated carbocycles. The summed E-state index contributed by atoms with van der Waals surface area (Å²) in [5.41, 5.74) is 5.47. The van der Waals surface area contributed by atoms with Gasteiger partial charge in [0, 0.05) is 6.54 Å². The third-order valence-corrected chi connectivity index (χ3v) is 2.53. The van der Waals surface area contributed by atoms with Crippen LogP contribution in [0, 0.1) is 0 Å². The van der Waals surface area contributed by atoms with Crippen LogP contribution in [0.3, 0.4) is 0 Å². The summed E-state index contributed by atoms with van der Waals surface area (Å²) in [6, 6.07) is 0. The normalized spacial score (nSPS) is 12.0. The SMILES string of the molecule is CCC(CC)(CN)OCCOCCO. The third kappa shape index (κ3) is 4.91. The molecule has 0 aromatic heterocycles. The van der Waals surface area contributed by atoms with E-state index in [9.17, 15) is 0 Å². The van der Waals surface area contributed by atoms with E-state index in [1.807, 2.05) is 0 Å². The molecule has 0 spiro atoms. The summed E-state index contributed by atoms with van der Waals surface area (Å²) in [7, 11) is 0. The number of hydrogen-bond acceptors (Lipinski definition) is 4. The molecule has 0 radical (unpaired) electrons. The molecule has 4 heteroatoms. The monoisotopic (exact) mass is 205 g/mol. The zero-order chi connectivity index (χ0) is 10.9. The van der Waals surface area contributed by atoms with E-state index in [-0.39, 0.29) is 12.2 Å². The van der Waals surface area contributed by atoms with Crippen molar-refractivity contribution < 1.29 is 14.6 Å². The number of hydrogen-bond donors (Lipinski definition) is 2. The Balaban J connectivity index is 3.61. The summed E-state index contributed by atoms with van der Waals surface area (Å²) in [6.45, 7) is 6.18. The van der Waals surface area contributed by atoms with Crippen molar-refractivity contribution in [2.45, 2.75) is 32.3 Å². The van der Waals surface area contributed by atoms with Crippen molar-refractivity contribution in [2.75, 3.05) is 33.0 Å². The zero-order valence-electron chi connectivity index (χ0n) is 9.29. The van der Waals surface area contributed by atoms with Crippen molar-refractivity contribution in [3.05, 3.63) is 0 Å². The molecule has 0 aromatic carbocycles. The predicted octanol–water partition coefficient (Wildman–Crippen LogP) is 0.529. The van der Waals surface area contributed by atoms with Gasteiger partial charge in [-0.2, -0.15) is 0 Å². The van der Waals surface area contributed by atoms with Crippen LogP contribution in [0.15, 0.2) is 0 Å².